The number of pyridine rings is 1. The molecule has 102 valence electrons. The maximum Gasteiger partial charge on any atom is 0.0416 e. The van der Waals surface area contributed by atoms with Crippen LogP contribution in [0.1, 0.15) is 26.0 Å². The van der Waals surface area contributed by atoms with Crippen molar-refractivity contribution in [3.05, 3.63) is 30.1 Å². The smallest absolute Gasteiger partial charge is 0.0416 e. The van der Waals surface area contributed by atoms with Crippen LogP contribution in [-0.2, 0) is 6.42 Å². The normalized spacial score (nSPS) is 13.2. The van der Waals surface area contributed by atoms with Crippen LogP contribution in [-0.4, -0.2) is 43.1 Å². The molecule has 0 amide bonds. The molecule has 0 aromatic carbocycles. The minimum atomic E-state index is 0.573. The van der Waals surface area contributed by atoms with Crippen molar-refractivity contribution in [1.82, 2.24) is 15.2 Å². The minimum absolute atomic E-state index is 0.573. The fourth-order valence-electron chi connectivity index (χ4n) is 2.18. The quantitative estimate of drug-likeness (QED) is 0.765. The van der Waals surface area contributed by atoms with E-state index in [0.29, 0.717) is 6.04 Å². The minimum Gasteiger partial charge on any atom is -0.312 e. The summed E-state index contributed by atoms with van der Waals surface area (Å²) in [5, 5.41) is 3.65. The highest BCUT2D eigenvalue weighted by Gasteiger charge is 2.11. The summed E-state index contributed by atoms with van der Waals surface area (Å²) in [4.78, 5) is 6.60. The molecule has 0 saturated heterocycles. The summed E-state index contributed by atoms with van der Waals surface area (Å²) in [7, 11) is 4.27. The second-order valence-corrected chi connectivity index (χ2v) is 5.61. The van der Waals surface area contributed by atoms with Gasteiger partial charge < -0.3 is 10.2 Å². The third-order valence-electron chi connectivity index (χ3n) is 2.88. The molecular formula is C15H27N3. The van der Waals surface area contributed by atoms with Gasteiger partial charge in [-0.15, -0.1) is 0 Å². The average molecular weight is 249 g/mol. The van der Waals surface area contributed by atoms with Gasteiger partial charge in [-0.05, 0) is 38.6 Å². The van der Waals surface area contributed by atoms with Crippen molar-refractivity contribution >= 4 is 0 Å². The second-order valence-electron chi connectivity index (χ2n) is 5.61. The highest BCUT2D eigenvalue weighted by molar-refractivity contribution is 5.03. The molecule has 0 aliphatic heterocycles. The van der Waals surface area contributed by atoms with Gasteiger partial charge >= 0.3 is 0 Å². The van der Waals surface area contributed by atoms with Gasteiger partial charge in [-0.3, -0.25) is 4.98 Å². The molecule has 1 N–H and O–H groups in total. The molecule has 0 fully saturated rings. The van der Waals surface area contributed by atoms with Crippen LogP contribution in [0.5, 0.6) is 0 Å². The number of nitrogens with zero attached hydrogens (tertiary/aromatic N) is 2. The Kier molecular flexibility index (Phi) is 6.91. The van der Waals surface area contributed by atoms with Gasteiger partial charge in [-0.25, -0.2) is 0 Å². The van der Waals surface area contributed by atoms with E-state index in [9.17, 15) is 0 Å². The first-order valence-corrected chi connectivity index (χ1v) is 6.86. The summed E-state index contributed by atoms with van der Waals surface area (Å²) in [5.74, 6) is 0.734. The molecule has 0 aliphatic rings. The molecule has 1 aromatic heterocycles. The standard InChI is InChI=1S/C15H27N3/c1-13(2)11-15(12-18(3)4)17-10-8-14-7-5-6-9-16-14/h5-7,9,13,15,17H,8,10-12H2,1-4H3. The van der Waals surface area contributed by atoms with Crippen LogP contribution in [0, 0.1) is 5.92 Å². The molecule has 3 heteroatoms. The highest BCUT2D eigenvalue weighted by atomic mass is 15.1. The molecule has 1 atom stereocenters. The van der Waals surface area contributed by atoms with Crippen LogP contribution >= 0.6 is 0 Å². The van der Waals surface area contributed by atoms with Crippen LogP contribution < -0.4 is 5.32 Å². The lowest BCUT2D eigenvalue weighted by Gasteiger charge is -2.24. The first-order chi connectivity index (χ1) is 8.58. The molecule has 0 spiro atoms. The van der Waals surface area contributed by atoms with Gasteiger partial charge in [-0.1, -0.05) is 19.9 Å². The van der Waals surface area contributed by atoms with E-state index in [0.717, 1.165) is 31.1 Å². The molecule has 18 heavy (non-hydrogen) atoms. The highest BCUT2D eigenvalue weighted by Crippen LogP contribution is 2.05. The summed E-state index contributed by atoms with van der Waals surface area (Å²) >= 11 is 0. The average Bonchev–Trinajstić information content (AvgIpc) is 2.28. The molecule has 1 heterocycles. The lowest BCUT2D eigenvalue weighted by atomic mass is 10.0. The van der Waals surface area contributed by atoms with Crippen LogP contribution in [0.3, 0.4) is 0 Å². The first kappa shape index (κ1) is 15.1. The number of nitrogens with one attached hydrogen (secondary N) is 1. The van der Waals surface area contributed by atoms with Crippen molar-refractivity contribution in [3.63, 3.8) is 0 Å². The van der Waals surface area contributed by atoms with E-state index in [1.54, 1.807) is 0 Å². The summed E-state index contributed by atoms with van der Waals surface area (Å²) in [6.07, 6.45) is 4.09. The molecule has 0 aliphatic carbocycles. The van der Waals surface area contributed by atoms with Crippen molar-refractivity contribution in [2.24, 2.45) is 5.92 Å². The maximum absolute atomic E-state index is 4.35. The van der Waals surface area contributed by atoms with Crippen molar-refractivity contribution < 1.29 is 0 Å². The summed E-state index contributed by atoms with van der Waals surface area (Å²) < 4.78 is 0. The fraction of sp³-hybridized carbons (Fsp3) is 0.667. The number of aromatic nitrogens is 1. The van der Waals surface area contributed by atoms with E-state index >= 15 is 0 Å². The van der Waals surface area contributed by atoms with Gasteiger partial charge in [0.25, 0.3) is 0 Å². The molecule has 1 unspecified atom stereocenters. The Bertz CT molecular complexity index is 299. The van der Waals surface area contributed by atoms with Gasteiger partial charge in [0.2, 0.25) is 0 Å². The third kappa shape index (κ3) is 6.72. The Hall–Kier alpha value is -0.930. The number of rotatable bonds is 8. The largest absolute Gasteiger partial charge is 0.312 e. The Morgan fingerprint density at radius 1 is 1.28 bits per heavy atom. The van der Waals surface area contributed by atoms with Gasteiger partial charge in [0, 0.05) is 37.4 Å². The lowest BCUT2D eigenvalue weighted by molar-refractivity contribution is 0.307. The molecule has 1 aromatic rings. The van der Waals surface area contributed by atoms with Crippen molar-refractivity contribution in [1.29, 1.82) is 0 Å². The maximum atomic E-state index is 4.35. The summed E-state index contributed by atoms with van der Waals surface area (Å²) in [6, 6.07) is 6.67. The second kappa shape index (κ2) is 8.22. The lowest BCUT2D eigenvalue weighted by Crippen LogP contribution is -2.40. The van der Waals surface area contributed by atoms with Crippen molar-refractivity contribution in [2.75, 3.05) is 27.2 Å². The molecule has 3 nitrogen and oxygen atoms in total. The molecule has 0 radical (unpaired) electrons. The monoisotopic (exact) mass is 249 g/mol. The SMILES string of the molecule is CC(C)CC(CN(C)C)NCCc1ccccn1. The van der Waals surface area contributed by atoms with E-state index in [1.165, 1.54) is 6.42 Å². The molecule has 1 rings (SSSR count). The van der Waals surface area contributed by atoms with Crippen LogP contribution in [0.25, 0.3) is 0 Å². The number of likely N-dealkylation sites (N-methyl/N-ethyl adjacent to an activating group) is 1. The zero-order valence-corrected chi connectivity index (χ0v) is 12.2. The van der Waals surface area contributed by atoms with Gasteiger partial charge in [0.15, 0.2) is 0 Å². The number of hydrogen-bond acceptors (Lipinski definition) is 3. The Morgan fingerprint density at radius 3 is 2.61 bits per heavy atom. The van der Waals surface area contributed by atoms with Crippen LogP contribution in [0.4, 0.5) is 0 Å². The zero-order valence-electron chi connectivity index (χ0n) is 12.2. The fourth-order valence-corrected chi connectivity index (χ4v) is 2.18. The summed E-state index contributed by atoms with van der Waals surface area (Å²) in [6.45, 7) is 6.66. The predicted molar refractivity (Wildman–Crippen MR) is 77.7 cm³/mol. The number of hydrogen-bond donors (Lipinski definition) is 1. The van der Waals surface area contributed by atoms with Gasteiger partial charge in [0.1, 0.15) is 0 Å². The predicted octanol–water partition coefficient (Wildman–Crippen LogP) is 2.19. The Balaban J connectivity index is 2.32. The van der Waals surface area contributed by atoms with Crippen LogP contribution in [0.2, 0.25) is 0 Å². The van der Waals surface area contributed by atoms with Crippen molar-refractivity contribution in [2.45, 2.75) is 32.7 Å². The van der Waals surface area contributed by atoms with Crippen molar-refractivity contribution in [3.8, 4) is 0 Å². The Labute approximate surface area is 112 Å². The molecule has 0 saturated carbocycles. The van der Waals surface area contributed by atoms with Gasteiger partial charge in [0.05, 0.1) is 0 Å². The van der Waals surface area contributed by atoms with E-state index < -0.39 is 0 Å². The van der Waals surface area contributed by atoms with E-state index in [-0.39, 0.29) is 0 Å². The zero-order chi connectivity index (χ0) is 13.4. The Morgan fingerprint density at radius 2 is 2.06 bits per heavy atom. The van der Waals surface area contributed by atoms with Crippen LogP contribution in [0.15, 0.2) is 24.4 Å². The van der Waals surface area contributed by atoms with E-state index in [4.69, 9.17) is 0 Å². The third-order valence-corrected chi connectivity index (χ3v) is 2.88. The topological polar surface area (TPSA) is 28.2 Å². The summed E-state index contributed by atoms with van der Waals surface area (Å²) in [5.41, 5.74) is 1.16. The first-order valence-electron chi connectivity index (χ1n) is 6.86. The van der Waals surface area contributed by atoms with E-state index in [2.05, 4.69) is 49.2 Å². The molecular weight excluding hydrogens is 222 g/mol. The van der Waals surface area contributed by atoms with Gasteiger partial charge in [-0.2, -0.15) is 0 Å². The van der Waals surface area contributed by atoms with E-state index in [1.807, 2.05) is 18.3 Å². The molecule has 0 bridgehead atoms.